The Labute approximate surface area is 166 Å². The highest BCUT2D eigenvalue weighted by Crippen LogP contribution is 2.47. The second kappa shape index (κ2) is 6.10. The molecule has 0 radical (unpaired) electrons. The molecule has 28 heavy (non-hydrogen) atoms. The Morgan fingerprint density at radius 3 is 3.04 bits per heavy atom. The van der Waals surface area contributed by atoms with Gasteiger partial charge in [-0.3, -0.25) is 10.4 Å². The standard InChI is InChI=1S/C20H18ClN5O2/c1-28-15-7-5-12(17(21)19(15)27)13-4-6-14-16-10(8-23-18(13)16)2-3-11-9-24-20(22)25-26(11)14/h2-3,5-9,13,23,27H,4H2,1H3,(H3,22,24,25). The van der Waals surface area contributed by atoms with Gasteiger partial charge in [0.25, 0.3) is 0 Å². The molecule has 0 saturated heterocycles. The number of hydrazine groups is 1. The summed E-state index contributed by atoms with van der Waals surface area (Å²) in [7, 11) is 1.50. The topological polar surface area (TPSA) is 98.9 Å². The van der Waals surface area contributed by atoms with Gasteiger partial charge in [-0.25, -0.2) is 4.99 Å². The number of hydrogen-bond donors (Lipinski definition) is 4. The SMILES string of the molecule is COc1ccc(C2CC=C3c4c(c[nH]c42)C=CC2=CN=C(N)NN23)c(Cl)c1O. The number of nitrogens with zero attached hydrogens (tertiary/aromatic N) is 2. The van der Waals surface area contributed by atoms with E-state index in [0.717, 1.165) is 33.8 Å². The Morgan fingerprint density at radius 1 is 1.36 bits per heavy atom. The van der Waals surface area contributed by atoms with E-state index in [1.165, 1.54) is 7.11 Å². The van der Waals surface area contributed by atoms with Gasteiger partial charge in [0.05, 0.1) is 29.7 Å². The van der Waals surface area contributed by atoms with Crippen LogP contribution in [-0.2, 0) is 0 Å². The molecule has 1 aromatic heterocycles. The molecule has 0 bridgehead atoms. The first-order chi connectivity index (χ1) is 13.6. The van der Waals surface area contributed by atoms with Gasteiger partial charge in [-0.1, -0.05) is 29.8 Å². The third kappa shape index (κ3) is 2.33. The van der Waals surface area contributed by atoms with Crippen molar-refractivity contribution in [2.75, 3.05) is 7.11 Å². The third-order valence-corrected chi connectivity index (χ3v) is 5.69. The van der Waals surface area contributed by atoms with E-state index >= 15 is 0 Å². The molecule has 1 aromatic carbocycles. The monoisotopic (exact) mass is 395 g/mol. The number of phenolic OH excluding ortho intramolecular Hbond substituents is 1. The van der Waals surface area contributed by atoms with Crippen LogP contribution in [-0.4, -0.2) is 28.2 Å². The molecule has 5 N–H and O–H groups in total. The molecule has 1 atom stereocenters. The van der Waals surface area contributed by atoms with E-state index in [9.17, 15) is 5.11 Å². The lowest BCUT2D eigenvalue weighted by molar-refractivity contribution is 0.373. The minimum absolute atomic E-state index is 0.0217. The van der Waals surface area contributed by atoms with Crippen LogP contribution in [0.25, 0.3) is 11.8 Å². The van der Waals surface area contributed by atoms with Crippen molar-refractivity contribution in [1.29, 1.82) is 0 Å². The van der Waals surface area contributed by atoms with Gasteiger partial charge in [0.1, 0.15) is 0 Å². The highest BCUT2D eigenvalue weighted by molar-refractivity contribution is 6.33. The van der Waals surface area contributed by atoms with E-state index in [-0.39, 0.29) is 11.7 Å². The minimum Gasteiger partial charge on any atom is -0.503 e. The van der Waals surface area contributed by atoms with Gasteiger partial charge in [-0.2, -0.15) is 0 Å². The number of nitrogens with one attached hydrogen (secondary N) is 2. The van der Waals surface area contributed by atoms with Gasteiger partial charge in [-0.15, -0.1) is 0 Å². The quantitative estimate of drug-likeness (QED) is 0.625. The first kappa shape index (κ1) is 16.8. The maximum atomic E-state index is 10.4. The van der Waals surface area contributed by atoms with Crippen LogP contribution in [0, 0.1) is 0 Å². The Balaban J connectivity index is 1.63. The molecule has 0 spiro atoms. The average molecular weight is 396 g/mol. The minimum atomic E-state index is -0.0408. The van der Waals surface area contributed by atoms with Crippen molar-refractivity contribution < 1.29 is 9.84 Å². The van der Waals surface area contributed by atoms with Crippen molar-refractivity contribution in [3.05, 3.63) is 69.8 Å². The number of benzene rings is 1. The van der Waals surface area contributed by atoms with Crippen molar-refractivity contribution in [2.24, 2.45) is 10.7 Å². The Morgan fingerprint density at radius 2 is 2.21 bits per heavy atom. The molecule has 8 heteroatoms. The highest BCUT2D eigenvalue weighted by atomic mass is 35.5. The molecule has 0 saturated carbocycles. The molecular formula is C20H18ClN5O2. The fourth-order valence-electron chi connectivity index (χ4n) is 3.97. The van der Waals surface area contributed by atoms with E-state index in [2.05, 4.69) is 21.5 Å². The number of phenols is 1. The van der Waals surface area contributed by atoms with Crippen molar-refractivity contribution in [2.45, 2.75) is 12.3 Å². The Hall–Kier alpha value is -3.32. The number of guanidine groups is 1. The van der Waals surface area contributed by atoms with Gasteiger partial charge >= 0.3 is 0 Å². The summed E-state index contributed by atoms with van der Waals surface area (Å²) in [6, 6.07) is 3.64. The molecule has 142 valence electrons. The second-order valence-corrected chi connectivity index (χ2v) is 7.16. The Kier molecular flexibility index (Phi) is 3.67. The molecule has 7 nitrogen and oxygen atoms in total. The maximum absolute atomic E-state index is 10.4. The number of methoxy groups -OCH3 is 1. The summed E-state index contributed by atoms with van der Waals surface area (Å²) in [6.45, 7) is 0. The summed E-state index contributed by atoms with van der Waals surface area (Å²) in [5.41, 5.74) is 14.9. The van der Waals surface area contributed by atoms with Crippen LogP contribution in [0.1, 0.15) is 34.7 Å². The lowest BCUT2D eigenvalue weighted by Crippen LogP contribution is -2.46. The number of fused-ring (bicyclic) bond motifs is 2. The van der Waals surface area contributed by atoms with E-state index in [1.54, 1.807) is 12.3 Å². The van der Waals surface area contributed by atoms with Crippen LogP contribution < -0.4 is 15.9 Å². The van der Waals surface area contributed by atoms with Crippen molar-refractivity contribution in [3.63, 3.8) is 0 Å². The van der Waals surface area contributed by atoms with Gasteiger partial charge in [0.15, 0.2) is 11.5 Å². The van der Waals surface area contributed by atoms with Crippen molar-refractivity contribution in [1.82, 2.24) is 15.4 Å². The summed E-state index contributed by atoms with van der Waals surface area (Å²) in [5.74, 6) is 0.632. The van der Waals surface area contributed by atoms with Gasteiger partial charge in [0, 0.05) is 28.9 Å². The summed E-state index contributed by atoms with van der Waals surface area (Å²) >= 11 is 6.49. The van der Waals surface area contributed by atoms with Crippen LogP contribution in [0.5, 0.6) is 11.5 Å². The summed E-state index contributed by atoms with van der Waals surface area (Å²) in [5, 5.41) is 12.6. The van der Waals surface area contributed by atoms with Crippen LogP contribution in [0.3, 0.4) is 0 Å². The van der Waals surface area contributed by atoms with Crippen molar-refractivity contribution >= 4 is 29.3 Å². The molecule has 1 aliphatic carbocycles. The smallest absolute Gasteiger partial charge is 0.212 e. The van der Waals surface area contributed by atoms with Crippen LogP contribution in [0.4, 0.5) is 0 Å². The van der Waals surface area contributed by atoms with Crippen LogP contribution in [0.15, 0.2) is 47.4 Å². The number of aromatic amines is 1. The zero-order valence-electron chi connectivity index (χ0n) is 15.0. The predicted octanol–water partition coefficient (Wildman–Crippen LogP) is 3.26. The highest BCUT2D eigenvalue weighted by Gasteiger charge is 2.33. The number of aliphatic imine (C=N–C) groups is 1. The number of H-pyrrole nitrogens is 1. The molecule has 0 amide bonds. The number of halogens is 1. The zero-order valence-corrected chi connectivity index (χ0v) is 15.8. The Bertz CT molecular complexity index is 1110. The summed E-state index contributed by atoms with van der Waals surface area (Å²) in [4.78, 5) is 7.56. The number of rotatable bonds is 2. The van der Waals surface area contributed by atoms with Gasteiger partial charge < -0.3 is 20.6 Å². The number of hydrogen-bond acceptors (Lipinski definition) is 6. The predicted molar refractivity (Wildman–Crippen MR) is 109 cm³/mol. The summed E-state index contributed by atoms with van der Waals surface area (Å²) < 4.78 is 5.16. The molecular weight excluding hydrogens is 378 g/mol. The molecule has 3 heterocycles. The van der Waals surface area contributed by atoms with E-state index < -0.39 is 0 Å². The fraction of sp³-hybridized carbons (Fsp3) is 0.150. The van der Waals surface area contributed by atoms with Crippen LogP contribution >= 0.6 is 11.6 Å². The first-order valence-electron chi connectivity index (χ1n) is 8.84. The van der Waals surface area contributed by atoms with Crippen molar-refractivity contribution in [3.8, 4) is 11.5 Å². The average Bonchev–Trinajstić information content (AvgIpc) is 3.06. The second-order valence-electron chi connectivity index (χ2n) is 6.78. The first-order valence-corrected chi connectivity index (χ1v) is 9.21. The maximum Gasteiger partial charge on any atom is 0.212 e. The lowest BCUT2D eigenvalue weighted by Gasteiger charge is -2.33. The van der Waals surface area contributed by atoms with E-state index in [1.807, 2.05) is 29.4 Å². The molecule has 2 aromatic rings. The number of nitrogens with two attached hydrogens (primary N) is 1. The molecule has 2 aliphatic heterocycles. The lowest BCUT2D eigenvalue weighted by atomic mass is 9.84. The van der Waals surface area contributed by atoms with Gasteiger partial charge in [-0.05, 0) is 24.1 Å². The molecule has 5 rings (SSSR count). The van der Waals surface area contributed by atoms with Gasteiger partial charge in [0.2, 0.25) is 5.96 Å². The zero-order chi connectivity index (χ0) is 19.4. The van der Waals surface area contributed by atoms with Crippen LogP contribution in [0.2, 0.25) is 5.02 Å². The number of aromatic nitrogens is 1. The number of aromatic hydroxyl groups is 1. The van der Waals surface area contributed by atoms with E-state index in [4.69, 9.17) is 22.1 Å². The molecule has 1 unspecified atom stereocenters. The van der Waals surface area contributed by atoms with E-state index in [0.29, 0.717) is 23.2 Å². The largest absolute Gasteiger partial charge is 0.503 e. The molecule has 0 fully saturated rings. The fourth-order valence-corrected chi connectivity index (χ4v) is 4.26. The summed E-state index contributed by atoms with van der Waals surface area (Å²) in [6.07, 6.45) is 10.6. The number of allylic oxidation sites excluding steroid dienone is 2. The molecule has 3 aliphatic rings. The third-order valence-electron chi connectivity index (χ3n) is 5.29. The number of ether oxygens (including phenoxy) is 1. The normalized spacial score (nSPS) is 19.6.